The van der Waals surface area contributed by atoms with Crippen LogP contribution in [0.4, 0.5) is 0 Å². The molecule has 1 unspecified atom stereocenters. The molecule has 88 valence electrons. The Hall–Kier alpha value is -0.340. The van der Waals surface area contributed by atoms with E-state index in [2.05, 4.69) is 18.9 Å². The standard InChI is InChI=1S/C13H26N2/c1-3-4-6-9-12(15-14)13(2)10-7-5-8-11-13/h3,12,15H,1,4-11,14H2,2H3. The third-order valence-electron chi connectivity index (χ3n) is 3.94. The number of hydrogen-bond donors (Lipinski definition) is 2. The number of nitrogens with two attached hydrogens (primary N) is 1. The lowest BCUT2D eigenvalue weighted by atomic mass is 9.69. The minimum Gasteiger partial charge on any atom is -0.271 e. The van der Waals surface area contributed by atoms with E-state index in [4.69, 9.17) is 5.84 Å². The number of hydrazine groups is 1. The normalized spacial score (nSPS) is 22.3. The van der Waals surface area contributed by atoms with Gasteiger partial charge in [-0.05, 0) is 37.5 Å². The summed E-state index contributed by atoms with van der Waals surface area (Å²) < 4.78 is 0. The van der Waals surface area contributed by atoms with Crippen LogP contribution in [0.2, 0.25) is 0 Å². The van der Waals surface area contributed by atoms with Gasteiger partial charge in [-0.3, -0.25) is 11.3 Å². The fourth-order valence-electron chi connectivity index (χ4n) is 2.81. The Bertz CT molecular complexity index is 183. The van der Waals surface area contributed by atoms with Gasteiger partial charge in [0.2, 0.25) is 0 Å². The van der Waals surface area contributed by atoms with Gasteiger partial charge in [-0.25, -0.2) is 0 Å². The molecule has 15 heavy (non-hydrogen) atoms. The molecular weight excluding hydrogens is 184 g/mol. The lowest BCUT2D eigenvalue weighted by Gasteiger charge is -2.40. The zero-order chi connectivity index (χ0) is 11.1. The van der Waals surface area contributed by atoms with Crippen molar-refractivity contribution in [1.82, 2.24) is 5.43 Å². The van der Waals surface area contributed by atoms with Crippen LogP contribution < -0.4 is 11.3 Å². The summed E-state index contributed by atoms with van der Waals surface area (Å²) in [5.74, 6) is 5.70. The zero-order valence-corrected chi connectivity index (χ0v) is 10.1. The topological polar surface area (TPSA) is 38.0 Å². The second-order valence-electron chi connectivity index (χ2n) is 5.15. The van der Waals surface area contributed by atoms with Gasteiger partial charge >= 0.3 is 0 Å². The van der Waals surface area contributed by atoms with Crippen LogP contribution >= 0.6 is 0 Å². The molecule has 1 atom stereocenters. The van der Waals surface area contributed by atoms with Gasteiger partial charge in [0.1, 0.15) is 0 Å². The van der Waals surface area contributed by atoms with E-state index in [-0.39, 0.29) is 0 Å². The molecule has 0 aromatic heterocycles. The third-order valence-corrected chi connectivity index (χ3v) is 3.94. The van der Waals surface area contributed by atoms with Crippen molar-refractivity contribution in [2.45, 2.75) is 64.3 Å². The van der Waals surface area contributed by atoms with E-state index in [9.17, 15) is 0 Å². The highest BCUT2D eigenvalue weighted by Gasteiger charge is 2.34. The average Bonchev–Trinajstić information content (AvgIpc) is 2.25. The molecule has 1 fully saturated rings. The highest BCUT2D eigenvalue weighted by molar-refractivity contribution is 4.89. The summed E-state index contributed by atoms with van der Waals surface area (Å²) in [6.45, 7) is 6.15. The van der Waals surface area contributed by atoms with E-state index in [0.29, 0.717) is 11.5 Å². The third kappa shape index (κ3) is 3.62. The summed E-state index contributed by atoms with van der Waals surface area (Å²) in [6.07, 6.45) is 12.3. The summed E-state index contributed by atoms with van der Waals surface area (Å²) in [5, 5.41) is 0. The van der Waals surface area contributed by atoms with E-state index in [1.54, 1.807) is 0 Å². The zero-order valence-electron chi connectivity index (χ0n) is 10.1. The predicted octanol–water partition coefficient (Wildman–Crippen LogP) is 3.15. The second-order valence-corrected chi connectivity index (χ2v) is 5.15. The van der Waals surface area contributed by atoms with Crippen molar-refractivity contribution in [3.05, 3.63) is 12.7 Å². The molecule has 0 spiro atoms. The van der Waals surface area contributed by atoms with Gasteiger partial charge in [-0.15, -0.1) is 6.58 Å². The molecule has 3 N–H and O–H groups in total. The molecule has 1 aliphatic rings. The monoisotopic (exact) mass is 210 g/mol. The van der Waals surface area contributed by atoms with Gasteiger partial charge in [0.05, 0.1) is 0 Å². The lowest BCUT2D eigenvalue weighted by Crippen LogP contribution is -2.47. The van der Waals surface area contributed by atoms with Crippen LogP contribution in [0.15, 0.2) is 12.7 Å². The Morgan fingerprint density at radius 1 is 1.40 bits per heavy atom. The number of unbranched alkanes of at least 4 members (excludes halogenated alkanes) is 1. The molecule has 0 radical (unpaired) electrons. The molecule has 2 heteroatoms. The maximum atomic E-state index is 5.70. The van der Waals surface area contributed by atoms with Crippen molar-refractivity contribution in [3.63, 3.8) is 0 Å². The first-order valence-corrected chi connectivity index (χ1v) is 6.30. The second kappa shape index (κ2) is 6.29. The quantitative estimate of drug-likeness (QED) is 0.306. The Morgan fingerprint density at radius 2 is 2.07 bits per heavy atom. The van der Waals surface area contributed by atoms with Gasteiger partial charge in [0.25, 0.3) is 0 Å². The average molecular weight is 210 g/mol. The van der Waals surface area contributed by atoms with Gasteiger partial charge in [0, 0.05) is 6.04 Å². The first kappa shape index (κ1) is 12.7. The van der Waals surface area contributed by atoms with Crippen molar-refractivity contribution in [3.8, 4) is 0 Å². The molecule has 2 nitrogen and oxygen atoms in total. The van der Waals surface area contributed by atoms with E-state index in [1.807, 2.05) is 6.08 Å². The van der Waals surface area contributed by atoms with Gasteiger partial charge < -0.3 is 0 Å². The van der Waals surface area contributed by atoms with Crippen molar-refractivity contribution in [2.75, 3.05) is 0 Å². The Labute approximate surface area is 94.3 Å². The van der Waals surface area contributed by atoms with E-state index in [0.717, 1.165) is 6.42 Å². The van der Waals surface area contributed by atoms with Crippen LogP contribution in [0.25, 0.3) is 0 Å². The first-order chi connectivity index (χ1) is 7.23. The largest absolute Gasteiger partial charge is 0.271 e. The van der Waals surface area contributed by atoms with Crippen LogP contribution in [-0.2, 0) is 0 Å². The molecule has 0 bridgehead atoms. The summed E-state index contributed by atoms with van der Waals surface area (Å²) >= 11 is 0. The minimum atomic E-state index is 0.425. The SMILES string of the molecule is C=CCCCC(NN)C1(C)CCCCC1. The fraction of sp³-hybridized carbons (Fsp3) is 0.846. The molecule has 0 saturated heterocycles. The highest BCUT2D eigenvalue weighted by Crippen LogP contribution is 2.40. The van der Waals surface area contributed by atoms with E-state index < -0.39 is 0 Å². The summed E-state index contributed by atoms with van der Waals surface area (Å²) in [7, 11) is 0. The lowest BCUT2D eigenvalue weighted by molar-refractivity contribution is 0.136. The maximum absolute atomic E-state index is 5.70. The summed E-state index contributed by atoms with van der Waals surface area (Å²) in [5.41, 5.74) is 3.46. The molecule has 0 aromatic carbocycles. The molecule has 0 heterocycles. The maximum Gasteiger partial charge on any atom is 0.0264 e. The van der Waals surface area contributed by atoms with Gasteiger partial charge in [-0.1, -0.05) is 32.3 Å². The van der Waals surface area contributed by atoms with Crippen LogP contribution in [0, 0.1) is 5.41 Å². The van der Waals surface area contributed by atoms with Crippen LogP contribution in [0.1, 0.15) is 58.3 Å². The van der Waals surface area contributed by atoms with Crippen molar-refractivity contribution < 1.29 is 0 Å². The van der Waals surface area contributed by atoms with Gasteiger partial charge in [-0.2, -0.15) is 0 Å². The Morgan fingerprint density at radius 3 is 2.60 bits per heavy atom. The highest BCUT2D eigenvalue weighted by atomic mass is 15.2. The predicted molar refractivity (Wildman–Crippen MR) is 66.4 cm³/mol. The van der Waals surface area contributed by atoms with E-state index in [1.165, 1.54) is 44.9 Å². The summed E-state index contributed by atoms with van der Waals surface area (Å²) in [6, 6.07) is 0.484. The first-order valence-electron chi connectivity index (χ1n) is 6.30. The van der Waals surface area contributed by atoms with Crippen molar-refractivity contribution in [2.24, 2.45) is 11.3 Å². The van der Waals surface area contributed by atoms with Crippen molar-refractivity contribution in [1.29, 1.82) is 0 Å². The Balaban J connectivity index is 2.43. The molecular formula is C13H26N2. The number of rotatable bonds is 6. The number of nitrogens with one attached hydrogen (secondary N) is 1. The molecule has 0 aliphatic heterocycles. The molecule has 1 aliphatic carbocycles. The van der Waals surface area contributed by atoms with Crippen LogP contribution in [-0.4, -0.2) is 6.04 Å². The smallest absolute Gasteiger partial charge is 0.0264 e. The van der Waals surface area contributed by atoms with Crippen LogP contribution in [0.3, 0.4) is 0 Å². The minimum absolute atomic E-state index is 0.425. The number of hydrogen-bond acceptors (Lipinski definition) is 2. The molecule has 1 rings (SSSR count). The Kier molecular flexibility index (Phi) is 5.34. The molecule has 0 amide bonds. The fourth-order valence-corrected chi connectivity index (χ4v) is 2.81. The molecule has 0 aromatic rings. The van der Waals surface area contributed by atoms with Crippen LogP contribution in [0.5, 0.6) is 0 Å². The van der Waals surface area contributed by atoms with E-state index >= 15 is 0 Å². The summed E-state index contributed by atoms with van der Waals surface area (Å²) in [4.78, 5) is 0. The van der Waals surface area contributed by atoms with Crippen molar-refractivity contribution >= 4 is 0 Å². The number of allylic oxidation sites excluding steroid dienone is 1. The van der Waals surface area contributed by atoms with Gasteiger partial charge in [0.15, 0.2) is 0 Å². The molecule has 1 saturated carbocycles.